The lowest BCUT2D eigenvalue weighted by Gasteiger charge is -2.23. The summed E-state index contributed by atoms with van der Waals surface area (Å²) in [5.41, 5.74) is 0.979. The smallest absolute Gasteiger partial charge is 0.0802 e. The highest BCUT2D eigenvalue weighted by Gasteiger charge is 2.29. The van der Waals surface area contributed by atoms with Crippen LogP contribution < -0.4 is 0 Å². The van der Waals surface area contributed by atoms with Crippen LogP contribution in [0.1, 0.15) is 43.8 Å². The van der Waals surface area contributed by atoms with Crippen LogP contribution in [0.5, 0.6) is 0 Å². The largest absolute Gasteiger partial charge is 0.388 e. The van der Waals surface area contributed by atoms with Gasteiger partial charge >= 0.3 is 0 Å². The predicted molar refractivity (Wildman–Crippen MR) is 82.9 cm³/mol. The van der Waals surface area contributed by atoms with Crippen LogP contribution in [0.2, 0.25) is 5.02 Å². The average molecular weight is 294 g/mol. The second-order valence-electron chi connectivity index (χ2n) is 6.50. The fourth-order valence-corrected chi connectivity index (χ4v) is 3.87. The van der Waals surface area contributed by atoms with Crippen molar-refractivity contribution in [2.24, 2.45) is 11.8 Å². The van der Waals surface area contributed by atoms with Gasteiger partial charge in [0.15, 0.2) is 0 Å². The van der Waals surface area contributed by atoms with Crippen LogP contribution in [0.15, 0.2) is 24.3 Å². The van der Waals surface area contributed by atoms with Crippen molar-refractivity contribution >= 4 is 11.6 Å². The molecule has 2 heterocycles. The molecule has 1 aromatic carbocycles. The first-order chi connectivity index (χ1) is 9.70. The Bertz CT molecular complexity index is 411. The van der Waals surface area contributed by atoms with E-state index in [2.05, 4.69) is 4.90 Å². The number of benzene rings is 1. The molecule has 2 saturated heterocycles. The van der Waals surface area contributed by atoms with Gasteiger partial charge in [-0.2, -0.15) is 0 Å². The zero-order chi connectivity index (χ0) is 13.9. The third kappa shape index (κ3) is 3.55. The van der Waals surface area contributed by atoms with E-state index in [-0.39, 0.29) is 6.10 Å². The summed E-state index contributed by atoms with van der Waals surface area (Å²) >= 11 is 5.88. The van der Waals surface area contributed by atoms with E-state index in [1.807, 2.05) is 24.3 Å². The van der Waals surface area contributed by atoms with Crippen LogP contribution in [0.4, 0.5) is 0 Å². The molecule has 0 amide bonds. The quantitative estimate of drug-likeness (QED) is 0.910. The number of aliphatic hydroxyl groups is 1. The van der Waals surface area contributed by atoms with Gasteiger partial charge in [-0.25, -0.2) is 0 Å². The minimum absolute atomic E-state index is 0.367. The fraction of sp³-hybridized carbons (Fsp3) is 0.647. The summed E-state index contributed by atoms with van der Waals surface area (Å²) in [4.78, 5) is 2.58. The van der Waals surface area contributed by atoms with E-state index in [0.717, 1.165) is 35.4 Å². The molecule has 3 aliphatic rings. The van der Waals surface area contributed by atoms with E-state index in [1.165, 1.54) is 38.8 Å². The molecule has 0 aromatic heterocycles. The Morgan fingerprint density at radius 1 is 1.05 bits per heavy atom. The van der Waals surface area contributed by atoms with Crippen molar-refractivity contribution in [1.82, 2.24) is 4.90 Å². The molecule has 3 fully saturated rings. The van der Waals surface area contributed by atoms with Crippen LogP contribution in [-0.4, -0.2) is 29.6 Å². The SMILES string of the molecule is OC(CCN1CC2CCC(CC2)C1)c1ccc(Cl)cc1. The van der Waals surface area contributed by atoms with Gasteiger partial charge in [0.1, 0.15) is 0 Å². The molecule has 2 nitrogen and oxygen atoms in total. The minimum atomic E-state index is -0.367. The topological polar surface area (TPSA) is 23.5 Å². The predicted octanol–water partition coefficient (Wildman–Crippen LogP) is 3.89. The van der Waals surface area contributed by atoms with E-state index in [0.29, 0.717) is 0 Å². The third-order valence-electron chi connectivity index (χ3n) is 4.97. The highest BCUT2D eigenvalue weighted by Crippen LogP contribution is 2.34. The Morgan fingerprint density at radius 3 is 2.15 bits per heavy atom. The lowest BCUT2D eigenvalue weighted by molar-refractivity contribution is 0.138. The lowest BCUT2D eigenvalue weighted by atomic mass is 9.84. The molecule has 0 radical (unpaired) electrons. The van der Waals surface area contributed by atoms with Crippen molar-refractivity contribution in [3.05, 3.63) is 34.9 Å². The highest BCUT2D eigenvalue weighted by molar-refractivity contribution is 6.30. The van der Waals surface area contributed by atoms with E-state index >= 15 is 0 Å². The maximum absolute atomic E-state index is 10.3. The zero-order valence-electron chi connectivity index (χ0n) is 12.0. The minimum Gasteiger partial charge on any atom is -0.388 e. The highest BCUT2D eigenvalue weighted by atomic mass is 35.5. The number of nitrogens with zero attached hydrogens (tertiary/aromatic N) is 1. The molecule has 1 atom stereocenters. The summed E-state index contributed by atoms with van der Waals surface area (Å²) in [6, 6.07) is 7.57. The normalized spacial score (nSPS) is 28.3. The fourth-order valence-electron chi connectivity index (χ4n) is 3.74. The number of halogens is 1. The molecular formula is C17H24ClNO. The summed E-state index contributed by atoms with van der Waals surface area (Å²) in [6.45, 7) is 3.49. The molecule has 3 heteroatoms. The Labute approximate surface area is 126 Å². The van der Waals surface area contributed by atoms with Crippen molar-refractivity contribution in [2.45, 2.75) is 38.2 Å². The molecule has 0 spiro atoms. The van der Waals surface area contributed by atoms with Crippen molar-refractivity contribution in [3.8, 4) is 0 Å². The van der Waals surface area contributed by atoms with Gasteiger partial charge in [0, 0.05) is 24.7 Å². The van der Waals surface area contributed by atoms with Gasteiger partial charge in [-0.1, -0.05) is 23.7 Å². The maximum Gasteiger partial charge on any atom is 0.0802 e. The van der Waals surface area contributed by atoms with Crippen molar-refractivity contribution in [2.75, 3.05) is 19.6 Å². The molecule has 1 aliphatic carbocycles. The molecule has 110 valence electrons. The Hall–Kier alpha value is -0.570. The van der Waals surface area contributed by atoms with Gasteiger partial charge < -0.3 is 10.0 Å². The summed E-state index contributed by atoms with van der Waals surface area (Å²) in [7, 11) is 0. The van der Waals surface area contributed by atoms with Gasteiger partial charge in [-0.15, -0.1) is 0 Å². The summed E-state index contributed by atoms with van der Waals surface area (Å²) in [5.74, 6) is 1.81. The summed E-state index contributed by atoms with van der Waals surface area (Å²) < 4.78 is 0. The van der Waals surface area contributed by atoms with Crippen LogP contribution in [-0.2, 0) is 0 Å². The monoisotopic (exact) mass is 293 g/mol. The maximum atomic E-state index is 10.3. The molecule has 4 rings (SSSR count). The summed E-state index contributed by atoms with van der Waals surface area (Å²) in [5, 5.41) is 11.0. The number of hydrogen-bond donors (Lipinski definition) is 1. The molecule has 1 aromatic rings. The van der Waals surface area contributed by atoms with Gasteiger partial charge in [-0.3, -0.25) is 0 Å². The van der Waals surface area contributed by atoms with E-state index in [9.17, 15) is 5.11 Å². The first-order valence-corrected chi connectivity index (χ1v) is 8.24. The lowest BCUT2D eigenvalue weighted by Crippen LogP contribution is -2.30. The van der Waals surface area contributed by atoms with Gasteiger partial charge in [0.2, 0.25) is 0 Å². The first-order valence-electron chi connectivity index (χ1n) is 7.86. The third-order valence-corrected chi connectivity index (χ3v) is 5.22. The van der Waals surface area contributed by atoms with Crippen molar-refractivity contribution in [1.29, 1.82) is 0 Å². The van der Waals surface area contributed by atoms with Crippen LogP contribution >= 0.6 is 11.6 Å². The standard InChI is InChI=1S/C17H24ClNO/c18-16-7-5-15(6-8-16)17(20)9-10-19-11-13-1-2-14(12-19)4-3-13/h5-8,13-14,17,20H,1-4,9-12H2. The molecule has 2 bridgehead atoms. The average Bonchev–Trinajstić information content (AvgIpc) is 2.78. The van der Waals surface area contributed by atoms with E-state index < -0.39 is 0 Å². The van der Waals surface area contributed by atoms with Gasteiger partial charge in [0.05, 0.1) is 6.10 Å². The molecule has 1 unspecified atom stereocenters. The summed E-state index contributed by atoms with van der Waals surface area (Å²) in [6.07, 6.45) is 6.12. The van der Waals surface area contributed by atoms with Crippen LogP contribution in [0.3, 0.4) is 0 Å². The first kappa shape index (κ1) is 14.4. The van der Waals surface area contributed by atoms with Crippen LogP contribution in [0.25, 0.3) is 0 Å². The van der Waals surface area contributed by atoms with E-state index in [4.69, 9.17) is 11.6 Å². The number of aliphatic hydroxyl groups excluding tert-OH is 1. The zero-order valence-corrected chi connectivity index (χ0v) is 12.7. The Kier molecular flexibility index (Phi) is 4.65. The molecule has 2 aliphatic heterocycles. The Balaban J connectivity index is 1.52. The van der Waals surface area contributed by atoms with Crippen molar-refractivity contribution in [3.63, 3.8) is 0 Å². The van der Waals surface area contributed by atoms with Gasteiger partial charge in [0.25, 0.3) is 0 Å². The Morgan fingerprint density at radius 2 is 1.60 bits per heavy atom. The van der Waals surface area contributed by atoms with E-state index in [1.54, 1.807) is 0 Å². The second kappa shape index (κ2) is 6.46. The number of rotatable bonds is 4. The molecule has 1 saturated carbocycles. The number of fused-ring (bicyclic) bond motifs is 4. The van der Waals surface area contributed by atoms with Crippen LogP contribution in [0, 0.1) is 11.8 Å². The second-order valence-corrected chi connectivity index (χ2v) is 6.94. The molecular weight excluding hydrogens is 270 g/mol. The molecule has 20 heavy (non-hydrogen) atoms. The van der Waals surface area contributed by atoms with Gasteiger partial charge in [-0.05, 0) is 61.6 Å². The van der Waals surface area contributed by atoms with Crippen molar-refractivity contribution < 1.29 is 5.11 Å². The molecule has 1 N–H and O–H groups in total. The number of hydrogen-bond acceptors (Lipinski definition) is 2.